The normalized spacial score (nSPS) is 14.2. The van der Waals surface area contributed by atoms with Crippen LogP contribution in [0.3, 0.4) is 0 Å². The van der Waals surface area contributed by atoms with Gasteiger partial charge in [0.25, 0.3) is 0 Å². The number of anilines is 4. The third-order valence-electron chi connectivity index (χ3n) is 6.58. The first-order valence-electron chi connectivity index (χ1n) is 11.7. The molecule has 1 unspecified atom stereocenters. The van der Waals surface area contributed by atoms with E-state index in [-0.39, 0.29) is 46.1 Å². The summed E-state index contributed by atoms with van der Waals surface area (Å²) >= 11 is 6.75. The van der Waals surface area contributed by atoms with E-state index in [2.05, 4.69) is 25.3 Å². The Morgan fingerprint density at radius 1 is 1.16 bits per heavy atom. The van der Waals surface area contributed by atoms with Crippen molar-refractivity contribution in [1.82, 2.24) is 19.9 Å². The average Bonchev–Trinajstić information content (AvgIpc) is 3.05. The maximum atomic E-state index is 14.1. The van der Waals surface area contributed by atoms with E-state index in [9.17, 15) is 13.2 Å². The van der Waals surface area contributed by atoms with Crippen LogP contribution < -0.4 is 26.4 Å². The van der Waals surface area contributed by atoms with Gasteiger partial charge in [-0.1, -0.05) is 11.6 Å². The van der Waals surface area contributed by atoms with Crippen molar-refractivity contribution in [2.45, 2.75) is 26.1 Å². The summed E-state index contributed by atoms with van der Waals surface area (Å²) in [7, 11) is 1.78. The minimum atomic E-state index is -4.69. The summed E-state index contributed by atoms with van der Waals surface area (Å²) in [6.45, 7) is 3.85. The number of nitrogens with two attached hydrogens (primary N) is 2. The van der Waals surface area contributed by atoms with Gasteiger partial charge in [-0.25, -0.2) is 19.9 Å². The van der Waals surface area contributed by atoms with Crippen LogP contribution in [-0.2, 0) is 6.18 Å². The molecule has 0 aliphatic carbocycles. The van der Waals surface area contributed by atoms with Crippen molar-refractivity contribution >= 4 is 45.6 Å². The molecule has 1 aromatic carbocycles. The van der Waals surface area contributed by atoms with Crippen molar-refractivity contribution in [3.63, 3.8) is 0 Å². The molecule has 4 heterocycles. The molecule has 38 heavy (non-hydrogen) atoms. The van der Waals surface area contributed by atoms with Crippen molar-refractivity contribution in [2.24, 2.45) is 0 Å². The highest BCUT2D eigenvalue weighted by molar-refractivity contribution is 6.36. The van der Waals surface area contributed by atoms with Gasteiger partial charge in [0.1, 0.15) is 30.4 Å². The molecule has 13 heteroatoms. The van der Waals surface area contributed by atoms with Crippen molar-refractivity contribution in [3.05, 3.63) is 52.4 Å². The lowest BCUT2D eigenvalue weighted by molar-refractivity contribution is -0.137. The number of aromatic nitrogens is 4. The van der Waals surface area contributed by atoms with Gasteiger partial charge in [0.05, 0.1) is 51.7 Å². The molecule has 4 aromatic rings. The predicted octanol–water partition coefficient (Wildman–Crippen LogP) is 5.23. The lowest BCUT2D eigenvalue weighted by Crippen LogP contribution is -2.31. The maximum Gasteiger partial charge on any atom is 0.418 e. The first kappa shape index (κ1) is 25.6. The third-order valence-corrected chi connectivity index (χ3v) is 6.96. The van der Waals surface area contributed by atoms with Crippen molar-refractivity contribution in [1.29, 1.82) is 0 Å². The van der Waals surface area contributed by atoms with Crippen LogP contribution in [0.1, 0.15) is 29.7 Å². The van der Waals surface area contributed by atoms with Crippen molar-refractivity contribution in [2.75, 3.05) is 41.9 Å². The molecule has 1 aliphatic heterocycles. The number of aryl methyl sites for hydroxylation is 1. The van der Waals surface area contributed by atoms with Crippen LogP contribution in [0.25, 0.3) is 22.2 Å². The van der Waals surface area contributed by atoms with Gasteiger partial charge in [0.2, 0.25) is 0 Å². The number of halogens is 4. The largest absolute Gasteiger partial charge is 0.489 e. The van der Waals surface area contributed by atoms with Gasteiger partial charge < -0.3 is 26.4 Å². The van der Waals surface area contributed by atoms with Crippen LogP contribution in [0.5, 0.6) is 5.75 Å². The fourth-order valence-electron chi connectivity index (χ4n) is 4.79. The zero-order chi connectivity index (χ0) is 27.4. The molecule has 198 valence electrons. The fraction of sp³-hybridized carbons (Fsp3) is 0.280. The molecular weight excluding hydrogens is 521 g/mol. The highest BCUT2D eigenvalue weighted by atomic mass is 35.5. The lowest BCUT2D eigenvalue weighted by Gasteiger charge is -2.30. The Bertz CT molecular complexity index is 1560. The second kappa shape index (κ2) is 9.35. The molecule has 0 spiro atoms. The second-order valence-electron chi connectivity index (χ2n) is 8.91. The number of alkyl halides is 3. The number of benzene rings is 1. The van der Waals surface area contributed by atoms with Crippen LogP contribution >= 0.6 is 11.6 Å². The molecular formula is C25H24ClF3N8O. The summed E-state index contributed by atoms with van der Waals surface area (Å²) in [6.07, 6.45) is -1.71. The van der Waals surface area contributed by atoms with Gasteiger partial charge in [-0.15, -0.1) is 0 Å². The van der Waals surface area contributed by atoms with Gasteiger partial charge in [0, 0.05) is 18.2 Å². The fourth-order valence-corrected chi connectivity index (χ4v) is 5.08. The topological polar surface area (TPSA) is 128 Å². The molecule has 9 nitrogen and oxygen atoms in total. The maximum absolute atomic E-state index is 14.1. The number of pyridine rings is 2. The molecule has 1 atom stereocenters. The Balaban J connectivity index is 1.72. The van der Waals surface area contributed by atoms with Crippen LogP contribution in [0.4, 0.5) is 36.3 Å². The van der Waals surface area contributed by atoms with Gasteiger partial charge in [-0.3, -0.25) is 0 Å². The first-order valence-corrected chi connectivity index (χ1v) is 12.0. The van der Waals surface area contributed by atoms with Crippen molar-refractivity contribution < 1.29 is 17.9 Å². The van der Waals surface area contributed by atoms with E-state index in [0.29, 0.717) is 29.1 Å². The van der Waals surface area contributed by atoms with E-state index in [0.717, 1.165) is 11.3 Å². The van der Waals surface area contributed by atoms with Gasteiger partial charge in [-0.05, 0) is 37.6 Å². The Hall–Kier alpha value is -4.06. The zero-order valence-corrected chi connectivity index (χ0v) is 21.4. The van der Waals surface area contributed by atoms with E-state index < -0.39 is 11.7 Å². The standard InChI is InChI=1S/C25H24ClF3N8O/c1-11-6-17(30)36-21(19(11)25(27,28)29)15-8-16-18-22(20(15)26)38-5-4-37(24(18)35-10-34-16)12(2)14-7-13(32-3)9-33-23(14)31/h6-10,12,32H,4-5H2,1-3H3,(H2,30,36)(H2,31,33). The number of ether oxygens (including phenoxy) is 1. The Morgan fingerprint density at radius 2 is 1.92 bits per heavy atom. The number of nitrogens with one attached hydrogen (secondary N) is 1. The summed E-state index contributed by atoms with van der Waals surface area (Å²) in [6, 6.07) is 4.26. The molecule has 0 saturated heterocycles. The van der Waals surface area contributed by atoms with E-state index in [1.54, 1.807) is 13.2 Å². The summed E-state index contributed by atoms with van der Waals surface area (Å²) in [4.78, 5) is 19.1. The van der Waals surface area contributed by atoms with Crippen LogP contribution in [0.2, 0.25) is 5.02 Å². The molecule has 3 aromatic heterocycles. The Labute approximate surface area is 221 Å². The molecule has 0 saturated carbocycles. The quantitative estimate of drug-likeness (QED) is 0.316. The monoisotopic (exact) mass is 544 g/mol. The van der Waals surface area contributed by atoms with Gasteiger partial charge in [0.15, 0.2) is 5.75 Å². The Morgan fingerprint density at radius 3 is 2.63 bits per heavy atom. The molecule has 5 rings (SSSR count). The number of rotatable bonds is 4. The number of hydrogen-bond acceptors (Lipinski definition) is 9. The molecule has 0 bridgehead atoms. The summed E-state index contributed by atoms with van der Waals surface area (Å²) in [5.41, 5.74) is 12.6. The highest BCUT2D eigenvalue weighted by Gasteiger charge is 2.38. The summed E-state index contributed by atoms with van der Waals surface area (Å²) in [5.74, 6) is 0.982. The van der Waals surface area contributed by atoms with E-state index in [4.69, 9.17) is 27.8 Å². The average molecular weight is 545 g/mol. The number of hydrogen-bond donors (Lipinski definition) is 3. The van der Waals surface area contributed by atoms with E-state index >= 15 is 0 Å². The molecule has 1 aliphatic rings. The summed E-state index contributed by atoms with van der Waals surface area (Å²) in [5, 5.41) is 3.48. The van der Waals surface area contributed by atoms with Crippen molar-refractivity contribution in [3.8, 4) is 17.0 Å². The van der Waals surface area contributed by atoms with Crippen LogP contribution in [-0.4, -0.2) is 40.1 Å². The smallest absolute Gasteiger partial charge is 0.418 e. The minimum Gasteiger partial charge on any atom is -0.489 e. The predicted molar refractivity (Wildman–Crippen MR) is 141 cm³/mol. The van der Waals surface area contributed by atoms with E-state index in [1.165, 1.54) is 25.4 Å². The molecule has 0 fully saturated rings. The van der Waals surface area contributed by atoms with E-state index in [1.807, 2.05) is 17.9 Å². The van der Waals surface area contributed by atoms with Crippen LogP contribution in [0, 0.1) is 6.92 Å². The zero-order valence-electron chi connectivity index (χ0n) is 20.7. The molecule has 0 radical (unpaired) electrons. The summed E-state index contributed by atoms with van der Waals surface area (Å²) < 4.78 is 48.3. The van der Waals surface area contributed by atoms with Gasteiger partial charge >= 0.3 is 6.18 Å². The second-order valence-corrected chi connectivity index (χ2v) is 9.29. The Kier molecular flexibility index (Phi) is 6.30. The SMILES string of the molecule is CNc1cnc(N)c(C(C)N2CCOc3c(Cl)c(-c4nc(N)cc(C)c4C(F)(F)F)cc4ncnc2c34)c1. The molecule has 5 N–H and O–H groups in total. The first-order chi connectivity index (χ1) is 18.0. The lowest BCUT2D eigenvalue weighted by atomic mass is 9.99. The molecule has 0 amide bonds. The highest BCUT2D eigenvalue weighted by Crippen LogP contribution is 2.48. The minimum absolute atomic E-state index is 0.0122. The van der Waals surface area contributed by atoms with Gasteiger partial charge in [-0.2, -0.15) is 13.2 Å². The number of nitrogen functional groups attached to an aromatic ring is 2. The number of nitrogens with zero attached hydrogens (tertiary/aromatic N) is 5. The third kappa shape index (κ3) is 4.24. The van der Waals surface area contributed by atoms with Crippen LogP contribution in [0.15, 0.2) is 30.7 Å².